The van der Waals surface area contributed by atoms with E-state index in [2.05, 4.69) is 23.7 Å². The van der Waals surface area contributed by atoms with E-state index in [1.54, 1.807) is 27.7 Å². The number of halogens is 8. The highest BCUT2D eigenvalue weighted by molar-refractivity contribution is 7.99. The highest BCUT2D eigenvalue weighted by atomic mass is 32.2. The number of hydrogen-bond acceptors (Lipinski definition) is 1. The monoisotopic (exact) mass is 490 g/mol. The second-order valence-corrected chi connectivity index (χ2v) is 8.68. The van der Waals surface area contributed by atoms with Gasteiger partial charge in [-0.05, 0) is 24.3 Å². The summed E-state index contributed by atoms with van der Waals surface area (Å²) in [7, 11) is 0. The van der Waals surface area contributed by atoms with Crippen molar-refractivity contribution in [3.05, 3.63) is 58.2 Å². The first-order chi connectivity index (χ1) is 15.1. The van der Waals surface area contributed by atoms with Gasteiger partial charge in [0, 0.05) is 21.6 Å². The lowest BCUT2D eigenvalue weighted by Gasteiger charge is -2.16. The topological polar surface area (TPSA) is 0 Å². The number of rotatable bonds is 2. The molecular formula is C24H18F8S. The largest absolute Gasteiger partial charge is 0.417 e. The third-order valence-electron chi connectivity index (χ3n) is 3.94. The van der Waals surface area contributed by atoms with Gasteiger partial charge in [0.1, 0.15) is 11.6 Å². The molecule has 33 heavy (non-hydrogen) atoms. The van der Waals surface area contributed by atoms with E-state index in [0.29, 0.717) is 11.8 Å². The molecule has 0 aliphatic rings. The lowest BCUT2D eigenvalue weighted by molar-refractivity contribution is -0.138. The summed E-state index contributed by atoms with van der Waals surface area (Å²) >= 11 is 0.348. The van der Waals surface area contributed by atoms with Gasteiger partial charge in [0.15, 0.2) is 0 Å². The molecule has 0 aromatic heterocycles. The van der Waals surface area contributed by atoms with Gasteiger partial charge in [0.2, 0.25) is 0 Å². The Morgan fingerprint density at radius 2 is 0.970 bits per heavy atom. The Morgan fingerprint density at radius 3 is 1.24 bits per heavy atom. The van der Waals surface area contributed by atoms with E-state index in [4.69, 9.17) is 0 Å². The molecule has 2 aromatic carbocycles. The van der Waals surface area contributed by atoms with Crippen molar-refractivity contribution in [2.75, 3.05) is 0 Å². The molecule has 0 unspecified atom stereocenters. The maximum Gasteiger partial charge on any atom is 0.417 e. The molecule has 9 heteroatoms. The highest BCUT2D eigenvalue weighted by Crippen LogP contribution is 2.43. The standard InChI is InChI=1S/C24H18F8S/c1-13(2)5-7-17-19(23(27,28)29)9-15(25)11-21(17)33-22-12-16(26)10-20(24(30,31)32)18(22)8-6-14(3)4/h9-14H,1-4H3. The van der Waals surface area contributed by atoms with Crippen molar-refractivity contribution < 1.29 is 35.1 Å². The van der Waals surface area contributed by atoms with E-state index in [0.717, 1.165) is 12.1 Å². The van der Waals surface area contributed by atoms with E-state index in [1.807, 2.05) is 0 Å². The van der Waals surface area contributed by atoms with Crippen LogP contribution >= 0.6 is 11.8 Å². The summed E-state index contributed by atoms with van der Waals surface area (Å²) in [5, 5.41) is 0. The van der Waals surface area contributed by atoms with Crippen LogP contribution < -0.4 is 0 Å². The van der Waals surface area contributed by atoms with Gasteiger partial charge in [0.25, 0.3) is 0 Å². The average Bonchev–Trinajstić information content (AvgIpc) is 2.63. The Hall–Kier alpha value is -2.65. The van der Waals surface area contributed by atoms with E-state index in [-0.39, 0.29) is 24.0 Å². The average molecular weight is 490 g/mol. The van der Waals surface area contributed by atoms with Crippen LogP contribution in [0.3, 0.4) is 0 Å². The Balaban J connectivity index is 2.85. The molecule has 0 saturated carbocycles. The van der Waals surface area contributed by atoms with Gasteiger partial charge in [0.05, 0.1) is 22.3 Å². The molecule has 0 spiro atoms. The van der Waals surface area contributed by atoms with Gasteiger partial charge in [-0.15, -0.1) is 0 Å². The van der Waals surface area contributed by atoms with Gasteiger partial charge < -0.3 is 0 Å². The fourth-order valence-corrected chi connectivity index (χ4v) is 3.69. The number of benzene rings is 2. The van der Waals surface area contributed by atoms with E-state index < -0.39 is 56.0 Å². The van der Waals surface area contributed by atoms with E-state index in [1.165, 1.54) is 0 Å². The quantitative estimate of drug-likeness (QED) is 0.302. The predicted octanol–water partition coefficient (Wildman–Crippen LogP) is 8.17. The molecule has 0 atom stereocenters. The van der Waals surface area contributed by atoms with E-state index in [9.17, 15) is 35.1 Å². The SMILES string of the molecule is CC(C)C#Cc1c(Sc2cc(F)cc(C(F)(F)F)c2C#CC(C)C)cc(F)cc1C(F)(F)F. The molecule has 2 rings (SSSR count). The van der Waals surface area contributed by atoms with Crippen molar-refractivity contribution in [3.8, 4) is 23.7 Å². The van der Waals surface area contributed by atoms with Gasteiger partial charge in [-0.2, -0.15) is 26.3 Å². The van der Waals surface area contributed by atoms with Gasteiger partial charge in [-0.1, -0.05) is 63.1 Å². The smallest absolute Gasteiger partial charge is 0.207 e. The molecule has 0 bridgehead atoms. The molecular weight excluding hydrogens is 472 g/mol. The summed E-state index contributed by atoms with van der Waals surface area (Å²) in [6.45, 7) is 6.49. The minimum atomic E-state index is -4.97. The summed E-state index contributed by atoms with van der Waals surface area (Å²) in [6, 6.07) is 1.98. The van der Waals surface area contributed by atoms with Crippen LogP contribution in [0, 0.1) is 47.2 Å². The maximum absolute atomic E-state index is 14.1. The summed E-state index contributed by atoms with van der Waals surface area (Å²) in [4.78, 5) is -0.802. The van der Waals surface area contributed by atoms with Crippen LogP contribution in [-0.4, -0.2) is 0 Å². The van der Waals surface area contributed by atoms with Crippen LogP contribution in [0.4, 0.5) is 35.1 Å². The first kappa shape index (κ1) is 26.6. The van der Waals surface area contributed by atoms with Crippen molar-refractivity contribution in [1.82, 2.24) is 0 Å². The number of alkyl halides is 6. The zero-order chi connectivity index (χ0) is 25.1. The Bertz CT molecular complexity index is 1060. The van der Waals surface area contributed by atoms with Crippen LogP contribution in [0.1, 0.15) is 49.9 Å². The van der Waals surface area contributed by atoms with Crippen LogP contribution in [0.2, 0.25) is 0 Å². The predicted molar refractivity (Wildman–Crippen MR) is 110 cm³/mol. The Labute approximate surface area is 190 Å². The fraction of sp³-hybridized carbons (Fsp3) is 0.333. The van der Waals surface area contributed by atoms with Gasteiger partial charge in [-0.25, -0.2) is 8.78 Å². The summed E-state index contributed by atoms with van der Waals surface area (Å²) < 4.78 is 110. The molecule has 2 aromatic rings. The molecule has 176 valence electrons. The molecule has 0 fully saturated rings. The van der Waals surface area contributed by atoms with E-state index >= 15 is 0 Å². The Morgan fingerprint density at radius 1 is 0.636 bits per heavy atom. The molecule has 0 N–H and O–H groups in total. The number of hydrogen-bond donors (Lipinski definition) is 0. The van der Waals surface area contributed by atoms with Crippen molar-refractivity contribution in [2.24, 2.45) is 11.8 Å². The van der Waals surface area contributed by atoms with Crippen molar-refractivity contribution >= 4 is 11.8 Å². The molecule has 0 aliphatic heterocycles. The molecule has 0 amide bonds. The first-order valence-corrected chi connectivity index (χ1v) is 10.4. The van der Waals surface area contributed by atoms with Gasteiger partial charge in [-0.3, -0.25) is 0 Å². The van der Waals surface area contributed by atoms with Crippen LogP contribution in [0.15, 0.2) is 34.1 Å². The van der Waals surface area contributed by atoms with Crippen molar-refractivity contribution in [3.63, 3.8) is 0 Å². The molecule has 0 heterocycles. The lowest BCUT2D eigenvalue weighted by Crippen LogP contribution is -2.11. The first-order valence-electron chi connectivity index (χ1n) is 9.62. The molecule has 0 radical (unpaired) electrons. The van der Waals surface area contributed by atoms with Gasteiger partial charge >= 0.3 is 12.4 Å². The Kier molecular flexibility index (Phi) is 8.13. The minimum absolute atomic E-state index is 0.264. The lowest BCUT2D eigenvalue weighted by atomic mass is 10.1. The molecule has 0 aliphatic carbocycles. The normalized spacial score (nSPS) is 11.8. The maximum atomic E-state index is 14.1. The third kappa shape index (κ3) is 7.17. The van der Waals surface area contributed by atoms with Crippen LogP contribution in [-0.2, 0) is 12.4 Å². The summed E-state index contributed by atoms with van der Waals surface area (Å²) in [5.41, 5.74) is -3.97. The van der Waals surface area contributed by atoms with Crippen molar-refractivity contribution in [1.29, 1.82) is 0 Å². The second-order valence-electron chi connectivity index (χ2n) is 7.60. The van der Waals surface area contributed by atoms with Crippen molar-refractivity contribution in [2.45, 2.75) is 49.8 Å². The zero-order valence-electron chi connectivity index (χ0n) is 17.9. The second kappa shape index (κ2) is 10.1. The fourth-order valence-electron chi connectivity index (χ4n) is 2.58. The minimum Gasteiger partial charge on any atom is -0.207 e. The molecule has 0 saturated heterocycles. The van der Waals surface area contributed by atoms with Crippen LogP contribution in [0.5, 0.6) is 0 Å². The summed E-state index contributed by atoms with van der Waals surface area (Å²) in [5.74, 6) is 6.61. The highest BCUT2D eigenvalue weighted by Gasteiger charge is 2.37. The molecule has 0 nitrogen and oxygen atoms in total. The summed E-state index contributed by atoms with van der Waals surface area (Å²) in [6.07, 6.45) is -9.95. The zero-order valence-corrected chi connectivity index (χ0v) is 18.7. The van der Waals surface area contributed by atoms with Crippen LogP contribution in [0.25, 0.3) is 0 Å². The third-order valence-corrected chi connectivity index (χ3v) is 5.02.